The van der Waals surface area contributed by atoms with Crippen LogP contribution in [0.1, 0.15) is 0 Å². The van der Waals surface area contributed by atoms with Crippen molar-refractivity contribution < 1.29 is 13.2 Å². The van der Waals surface area contributed by atoms with Gasteiger partial charge in [-0.3, -0.25) is 0 Å². The predicted octanol–water partition coefficient (Wildman–Crippen LogP) is 11.9. The molecule has 43 heavy (non-hydrogen) atoms. The predicted molar refractivity (Wildman–Crippen MR) is 185 cm³/mol. The Balaban J connectivity index is 1.13. The van der Waals surface area contributed by atoms with Crippen LogP contribution in [0.15, 0.2) is 78.9 Å². The number of halogens is 3. The molecule has 0 bridgehead atoms. The number of fused-ring (bicyclic) bond motifs is 9. The Labute approximate surface area is 269 Å². The second-order valence-corrected chi connectivity index (χ2v) is 19.1. The fourth-order valence-electron chi connectivity index (χ4n) is 5.94. The van der Waals surface area contributed by atoms with Gasteiger partial charge in [0.25, 0.3) is 0 Å². The van der Waals surface area contributed by atoms with E-state index in [4.69, 9.17) is 0 Å². The van der Waals surface area contributed by atoms with Crippen LogP contribution >= 0.6 is 45.3 Å². The molecule has 10 aromatic rings. The van der Waals surface area contributed by atoms with Crippen molar-refractivity contribution >= 4 is 143 Å². The molecule has 0 aliphatic heterocycles. The molecular formula is C34H13F3S4Se2. The Bertz CT molecular complexity index is 2790. The molecule has 206 valence electrons. The van der Waals surface area contributed by atoms with E-state index in [2.05, 4.69) is 24.3 Å². The van der Waals surface area contributed by atoms with Gasteiger partial charge in [0.1, 0.15) is 0 Å². The van der Waals surface area contributed by atoms with E-state index in [0.717, 1.165) is 33.1 Å². The molecule has 0 atom stereocenters. The van der Waals surface area contributed by atoms with Crippen molar-refractivity contribution in [2.75, 3.05) is 0 Å². The average molecular weight is 765 g/mol. The molecular weight excluding hydrogens is 752 g/mol. The van der Waals surface area contributed by atoms with Crippen LogP contribution in [-0.4, -0.2) is 29.0 Å². The molecule has 0 amide bonds. The van der Waals surface area contributed by atoms with Crippen molar-refractivity contribution in [3.63, 3.8) is 0 Å². The molecule has 0 spiro atoms. The molecule has 0 saturated heterocycles. The normalized spacial score (nSPS) is 12.5. The molecule has 6 heterocycles. The topological polar surface area (TPSA) is 0 Å². The Morgan fingerprint density at radius 1 is 0.465 bits per heavy atom. The minimum atomic E-state index is -0.309. The van der Waals surface area contributed by atoms with E-state index in [1.807, 2.05) is 48.5 Å². The summed E-state index contributed by atoms with van der Waals surface area (Å²) in [5.74, 6) is -0.698. The molecule has 0 unspecified atom stereocenters. The van der Waals surface area contributed by atoms with E-state index < -0.39 is 0 Å². The summed E-state index contributed by atoms with van der Waals surface area (Å²) < 4.78 is 57.0. The zero-order valence-electron chi connectivity index (χ0n) is 21.6. The summed E-state index contributed by atoms with van der Waals surface area (Å²) in [5, 5.41) is 5.32. The molecule has 0 N–H and O–H groups in total. The number of benzene rings is 4. The van der Waals surface area contributed by atoms with Crippen molar-refractivity contribution in [1.29, 1.82) is 0 Å². The molecule has 0 radical (unpaired) electrons. The van der Waals surface area contributed by atoms with Crippen LogP contribution in [0.3, 0.4) is 0 Å². The number of thiophene rings is 4. The molecule has 0 nitrogen and oxygen atoms in total. The summed E-state index contributed by atoms with van der Waals surface area (Å²) in [6.45, 7) is 0. The van der Waals surface area contributed by atoms with E-state index in [-0.39, 0.29) is 46.5 Å². The first-order valence-corrected chi connectivity index (χ1v) is 20.0. The van der Waals surface area contributed by atoms with Gasteiger partial charge in [0.05, 0.1) is 0 Å². The maximum absolute atomic E-state index is 16.0. The van der Waals surface area contributed by atoms with Crippen molar-refractivity contribution in [2.24, 2.45) is 0 Å². The van der Waals surface area contributed by atoms with Gasteiger partial charge in [-0.15, -0.1) is 0 Å². The Morgan fingerprint density at radius 2 is 1.07 bits per heavy atom. The third-order valence-corrected chi connectivity index (χ3v) is 18.1. The summed E-state index contributed by atoms with van der Waals surface area (Å²) in [4.78, 5) is 1.19. The first-order chi connectivity index (χ1) is 21.0. The van der Waals surface area contributed by atoms with Gasteiger partial charge in [-0.1, -0.05) is 0 Å². The van der Waals surface area contributed by atoms with Crippen LogP contribution in [-0.2, 0) is 0 Å². The summed E-state index contributed by atoms with van der Waals surface area (Å²) in [7, 11) is 0. The zero-order chi connectivity index (χ0) is 28.6. The van der Waals surface area contributed by atoms with Gasteiger partial charge in [0.2, 0.25) is 0 Å². The first kappa shape index (κ1) is 25.6. The van der Waals surface area contributed by atoms with E-state index in [1.165, 1.54) is 51.8 Å². The van der Waals surface area contributed by atoms with Crippen LogP contribution in [0.4, 0.5) is 13.2 Å². The Kier molecular flexibility index (Phi) is 5.45. The molecule has 9 heteroatoms. The van der Waals surface area contributed by atoms with Gasteiger partial charge < -0.3 is 0 Å². The maximum atomic E-state index is 16.0. The SMILES string of the molecule is Fc1c(-c2cc3cc4c(cc3[se]2)sc2c3cc5c(F)c(-c6sc7ccccc7c6F)[se]c5cc3sc42)sc2ccccc12. The molecule has 0 aliphatic carbocycles. The van der Waals surface area contributed by atoms with E-state index in [1.54, 1.807) is 28.7 Å². The number of rotatable bonds is 2. The molecule has 0 fully saturated rings. The fraction of sp³-hybridized carbons (Fsp3) is 0. The van der Waals surface area contributed by atoms with Crippen molar-refractivity contribution in [3.05, 3.63) is 96.3 Å². The minimum absolute atomic E-state index is 0.0276. The number of hydrogen-bond donors (Lipinski definition) is 0. The van der Waals surface area contributed by atoms with Gasteiger partial charge >= 0.3 is 272 Å². The van der Waals surface area contributed by atoms with Crippen molar-refractivity contribution in [3.8, 4) is 18.6 Å². The molecule has 10 rings (SSSR count). The third kappa shape index (κ3) is 3.59. The van der Waals surface area contributed by atoms with E-state index >= 15 is 13.2 Å². The molecule has 0 aliphatic rings. The first-order valence-electron chi connectivity index (χ1n) is 13.3. The van der Waals surface area contributed by atoms with Gasteiger partial charge in [-0.25, -0.2) is 0 Å². The Morgan fingerprint density at radius 3 is 1.77 bits per heavy atom. The van der Waals surface area contributed by atoms with Crippen LogP contribution in [0.2, 0.25) is 0 Å². The molecule has 6 aromatic heterocycles. The monoisotopic (exact) mass is 766 g/mol. The summed E-state index contributed by atoms with van der Waals surface area (Å²) in [6, 6.07) is 25.9. The molecule has 4 aromatic carbocycles. The van der Waals surface area contributed by atoms with Crippen molar-refractivity contribution in [2.45, 2.75) is 0 Å². The van der Waals surface area contributed by atoms with E-state index in [0.29, 0.717) is 25.5 Å². The van der Waals surface area contributed by atoms with Crippen LogP contribution in [0.5, 0.6) is 0 Å². The summed E-state index contributed by atoms with van der Waals surface area (Å²) in [6.07, 6.45) is 0. The second-order valence-electron chi connectivity index (χ2n) is 10.4. The zero-order valence-corrected chi connectivity index (χ0v) is 28.3. The van der Waals surface area contributed by atoms with Crippen LogP contribution < -0.4 is 0 Å². The van der Waals surface area contributed by atoms with Crippen molar-refractivity contribution in [1.82, 2.24) is 0 Å². The third-order valence-electron chi connectivity index (χ3n) is 7.97. The van der Waals surface area contributed by atoms with Gasteiger partial charge in [-0.2, -0.15) is 0 Å². The summed E-state index contributed by atoms with van der Waals surface area (Å²) >= 11 is 6.11. The van der Waals surface area contributed by atoms with Gasteiger partial charge in [0, 0.05) is 0 Å². The van der Waals surface area contributed by atoms with Crippen LogP contribution in [0, 0.1) is 17.5 Å². The van der Waals surface area contributed by atoms with E-state index in [9.17, 15) is 0 Å². The fourth-order valence-corrected chi connectivity index (χ4v) is 16.2. The Hall–Kier alpha value is -2.71. The number of hydrogen-bond acceptors (Lipinski definition) is 4. The van der Waals surface area contributed by atoms with Gasteiger partial charge in [0.15, 0.2) is 0 Å². The van der Waals surface area contributed by atoms with Gasteiger partial charge in [-0.05, 0) is 0 Å². The van der Waals surface area contributed by atoms with Crippen LogP contribution in [0.25, 0.3) is 87.7 Å². The average Bonchev–Trinajstić information content (AvgIpc) is 3.85. The quantitative estimate of drug-likeness (QED) is 0.154. The molecule has 0 saturated carbocycles. The standard InChI is InChI=1S/C34H13F3S4Se2/c35-27-15-5-1-3-7-20(15)38-32(27)26-10-14-9-17-22(12-24(14)42-26)40-31-18-11-19-25(13-23(18)41-30(17)31)43-34(29(19)37)33-28(36)16-6-2-4-8-21(16)39-33/h1-13H. The second kappa shape index (κ2) is 9.16. The summed E-state index contributed by atoms with van der Waals surface area (Å²) in [5.41, 5.74) is 0.